The van der Waals surface area contributed by atoms with Crippen molar-refractivity contribution in [2.24, 2.45) is 0 Å². The van der Waals surface area contributed by atoms with Gasteiger partial charge >= 0.3 is 0 Å². The summed E-state index contributed by atoms with van der Waals surface area (Å²) >= 11 is 0. The molecule has 0 aliphatic carbocycles. The summed E-state index contributed by atoms with van der Waals surface area (Å²) in [6.07, 6.45) is 0.708. The van der Waals surface area contributed by atoms with Crippen LogP contribution in [0.5, 0.6) is 11.5 Å². The first-order chi connectivity index (χ1) is 10.1. The van der Waals surface area contributed by atoms with Crippen LogP contribution in [-0.2, 0) is 11.8 Å². The quantitative estimate of drug-likeness (QED) is 0.886. The van der Waals surface area contributed by atoms with E-state index in [1.807, 2.05) is 48.5 Å². The Bertz CT molecular complexity index is 577. The number of hydrogen-bond donors (Lipinski definition) is 1. The first-order valence-electron chi connectivity index (χ1n) is 7.00. The molecule has 1 N–H and O–H groups in total. The van der Waals surface area contributed by atoms with Crippen molar-refractivity contribution in [1.82, 2.24) is 0 Å². The van der Waals surface area contributed by atoms with Crippen molar-refractivity contribution in [3.05, 3.63) is 59.7 Å². The number of benzene rings is 2. The first-order valence-corrected chi connectivity index (χ1v) is 7.00. The van der Waals surface area contributed by atoms with E-state index in [1.54, 1.807) is 14.2 Å². The minimum Gasteiger partial charge on any atom is -0.497 e. The smallest absolute Gasteiger partial charge is 0.122 e. The Morgan fingerprint density at radius 1 is 0.952 bits per heavy atom. The third-order valence-electron chi connectivity index (χ3n) is 3.91. The van der Waals surface area contributed by atoms with Crippen LogP contribution in [0.4, 0.5) is 0 Å². The van der Waals surface area contributed by atoms with Gasteiger partial charge < -0.3 is 14.6 Å². The summed E-state index contributed by atoms with van der Waals surface area (Å²) in [7, 11) is 3.32. The summed E-state index contributed by atoms with van der Waals surface area (Å²) in [4.78, 5) is 0. The van der Waals surface area contributed by atoms with Crippen LogP contribution in [-0.4, -0.2) is 25.9 Å². The molecule has 2 aromatic carbocycles. The molecular formula is C18H22O3. The van der Waals surface area contributed by atoms with E-state index in [1.165, 1.54) is 0 Å². The molecule has 2 aromatic rings. The van der Waals surface area contributed by atoms with Gasteiger partial charge in [-0.25, -0.2) is 0 Å². The molecule has 0 aromatic heterocycles. The second kappa shape index (κ2) is 6.64. The lowest BCUT2D eigenvalue weighted by Crippen LogP contribution is -2.29. The molecule has 3 nitrogen and oxygen atoms in total. The summed E-state index contributed by atoms with van der Waals surface area (Å²) < 4.78 is 10.6. The molecule has 1 unspecified atom stereocenters. The predicted octanol–water partition coefficient (Wildman–Crippen LogP) is 3.20. The maximum absolute atomic E-state index is 9.92. The Hall–Kier alpha value is -2.00. The van der Waals surface area contributed by atoms with Crippen LogP contribution in [0.15, 0.2) is 48.5 Å². The van der Waals surface area contributed by atoms with Crippen LogP contribution in [0, 0.1) is 0 Å². The van der Waals surface area contributed by atoms with Crippen molar-refractivity contribution in [2.75, 3.05) is 20.8 Å². The second-order valence-corrected chi connectivity index (χ2v) is 5.44. The SMILES string of the molecule is COc1ccc(C(C)(CO)Cc2ccccc2OC)cc1. The van der Waals surface area contributed by atoms with Gasteiger partial charge in [0.25, 0.3) is 0 Å². The largest absolute Gasteiger partial charge is 0.497 e. The Balaban J connectivity index is 2.31. The fourth-order valence-corrected chi connectivity index (χ4v) is 2.51. The lowest BCUT2D eigenvalue weighted by Gasteiger charge is -2.29. The number of methoxy groups -OCH3 is 2. The fraction of sp³-hybridized carbons (Fsp3) is 0.333. The van der Waals surface area contributed by atoms with Gasteiger partial charge in [-0.1, -0.05) is 37.3 Å². The van der Waals surface area contributed by atoms with Crippen molar-refractivity contribution >= 4 is 0 Å². The van der Waals surface area contributed by atoms with Crippen molar-refractivity contribution in [2.45, 2.75) is 18.8 Å². The highest BCUT2D eigenvalue weighted by Crippen LogP contribution is 2.32. The highest BCUT2D eigenvalue weighted by Gasteiger charge is 2.27. The molecule has 0 spiro atoms. The van der Waals surface area contributed by atoms with Gasteiger partial charge in [-0.15, -0.1) is 0 Å². The molecule has 21 heavy (non-hydrogen) atoms. The molecule has 2 rings (SSSR count). The van der Waals surface area contributed by atoms with E-state index >= 15 is 0 Å². The van der Waals surface area contributed by atoms with E-state index in [2.05, 4.69) is 6.92 Å². The minimum atomic E-state index is -0.360. The van der Waals surface area contributed by atoms with E-state index in [9.17, 15) is 5.11 Å². The zero-order valence-corrected chi connectivity index (χ0v) is 12.8. The number of ether oxygens (including phenoxy) is 2. The lowest BCUT2D eigenvalue weighted by atomic mass is 9.78. The van der Waals surface area contributed by atoms with Gasteiger partial charge in [0.05, 0.1) is 20.8 Å². The zero-order valence-electron chi connectivity index (χ0n) is 12.8. The van der Waals surface area contributed by atoms with E-state index in [0.29, 0.717) is 6.42 Å². The van der Waals surface area contributed by atoms with Crippen molar-refractivity contribution < 1.29 is 14.6 Å². The van der Waals surface area contributed by atoms with Crippen LogP contribution in [0.25, 0.3) is 0 Å². The number of aliphatic hydroxyl groups is 1. The molecule has 0 saturated carbocycles. The predicted molar refractivity (Wildman–Crippen MR) is 84.1 cm³/mol. The van der Waals surface area contributed by atoms with Gasteiger partial charge in [-0.3, -0.25) is 0 Å². The molecule has 112 valence electrons. The number of hydrogen-bond acceptors (Lipinski definition) is 3. The highest BCUT2D eigenvalue weighted by atomic mass is 16.5. The standard InChI is InChI=1S/C18H22O3/c1-18(13-19,15-8-10-16(20-2)11-9-15)12-14-6-4-5-7-17(14)21-3/h4-11,19H,12-13H2,1-3H3. The molecule has 0 bridgehead atoms. The van der Waals surface area contributed by atoms with Crippen LogP contribution in [0.2, 0.25) is 0 Å². The van der Waals surface area contributed by atoms with Crippen molar-refractivity contribution in [3.63, 3.8) is 0 Å². The van der Waals surface area contributed by atoms with E-state index in [4.69, 9.17) is 9.47 Å². The first kappa shape index (κ1) is 15.4. The van der Waals surface area contributed by atoms with Crippen LogP contribution >= 0.6 is 0 Å². The summed E-state index contributed by atoms with van der Waals surface area (Å²) in [6, 6.07) is 15.8. The fourth-order valence-electron chi connectivity index (χ4n) is 2.51. The number of aliphatic hydroxyl groups excluding tert-OH is 1. The minimum absolute atomic E-state index is 0.0668. The monoisotopic (exact) mass is 286 g/mol. The molecule has 0 radical (unpaired) electrons. The van der Waals surface area contributed by atoms with Crippen LogP contribution in [0.1, 0.15) is 18.1 Å². The molecular weight excluding hydrogens is 264 g/mol. The van der Waals surface area contributed by atoms with E-state index in [0.717, 1.165) is 22.6 Å². The molecule has 0 fully saturated rings. The Kier molecular flexibility index (Phi) is 4.86. The van der Waals surface area contributed by atoms with Gasteiger partial charge in [-0.2, -0.15) is 0 Å². The summed E-state index contributed by atoms with van der Waals surface area (Å²) in [6.45, 7) is 2.12. The Labute approximate surface area is 126 Å². The third kappa shape index (κ3) is 3.37. The van der Waals surface area contributed by atoms with Gasteiger partial charge in [0.2, 0.25) is 0 Å². The van der Waals surface area contributed by atoms with Crippen molar-refractivity contribution in [1.29, 1.82) is 0 Å². The molecule has 0 aliphatic heterocycles. The molecule has 0 amide bonds. The third-order valence-corrected chi connectivity index (χ3v) is 3.91. The Morgan fingerprint density at radius 3 is 2.19 bits per heavy atom. The van der Waals surface area contributed by atoms with Crippen LogP contribution < -0.4 is 9.47 Å². The van der Waals surface area contributed by atoms with Gasteiger partial charge in [0.1, 0.15) is 11.5 Å². The lowest BCUT2D eigenvalue weighted by molar-refractivity contribution is 0.203. The summed E-state index contributed by atoms with van der Waals surface area (Å²) in [5.74, 6) is 1.67. The normalized spacial score (nSPS) is 13.5. The van der Waals surface area contributed by atoms with Crippen molar-refractivity contribution in [3.8, 4) is 11.5 Å². The average molecular weight is 286 g/mol. The van der Waals surface area contributed by atoms with E-state index < -0.39 is 0 Å². The molecule has 3 heteroatoms. The summed E-state index contributed by atoms with van der Waals surface area (Å²) in [5.41, 5.74) is 1.81. The van der Waals surface area contributed by atoms with E-state index in [-0.39, 0.29) is 12.0 Å². The topological polar surface area (TPSA) is 38.7 Å². The number of rotatable bonds is 6. The van der Waals surface area contributed by atoms with Crippen LogP contribution in [0.3, 0.4) is 0 Å². The molecule has 0 heterocycles. The van der Waals surface area contributed by atoms with Gasteiger partial charge in [0, 0.05) is 5.41 Å². The molecule has 1 atom stereocenters. The van der Waals surface area contributed by atoms with Gasteiger partial charge in [0.15, 0.2) is 0 Å². The molecule has 0 saturated heterocycles. The second-order valence-electron chi connectivity index (χ2n) is 5.44. The maximum Gasteiger partial charge on any atom is 0.122 e. The molecule has 0 aliphatic rings. The highest BCUT2D eigenvalue weighted by molar-refractivity contribution is 5.38. The Morgan fingerprint density at radius 2 is 1.62 bits per heavy atom. The average Bonchev–Trinajstić information content (AvgIpc) is 2.55. The zero-order chi connectivity index (χ0) is 15.3. The maximum atomic E-state index is 9.92. The summed E-state index contributed by atoms with van der Waals surface area (Å²) in [5, 5.41) is 9.92. The van der Waals surface area contributed by atoms with Gasteiger partial charge in [-0.05, 0) is 35.7 Å². The number of para-hydroxylation sites is 1.